The predicted molar refractivity (Wildman–Crippen MR) is 113 cm³/mol. The van der Waals surface area contributed by atoms with E-state index in [1.54, 1.807) is 36.5 Å². The number of carbonyl (C=O) groups is 1. The molecule has 10 heteroatoms. The number of hydrogen-bond acceptors (Lipinski definition) is 6. The first-order valence-electron chi connectivity index (χ1n) is 10.1. The lowest BCUT2D eigenvalue weighted by molar-refractivity contribution is -0.274. The average Bonchev–Trinajstić information content (AvgIpc) is 3.58. The number of halogens is 3. The van der Waals surface area contributed by atoms with Gasteiger partial charge in [0.05, 0.1) is 24.4 Å². The van der Waals surface area contributed by atoms with Crippen molar-refractivity contribution in [2.45, 2.75) is 25.2 Å². The summed E-state index contributed by atoms with van der Waals surface area (Å²) in [5.41, 5.74) is 2.59. The van der Waals surface area contributed by atoms with Gasteiger partial charge in [-0.2, -0.15) is 0 Å². The van der Waals surface area contributed by atoms with Crippen LogP contribution >= 0.6 is 0 Å². The lowest BCUT2D eigenvalue weighted by Crippen LogP contribution is -2.17. The molecule has 0 spiro atoms. The summed E-state index contributed by atoms with van der Waals surface area (Å²) in [5.74, 6) is -0.679. The van der Waals surface area contributed by atoms with E-state index in [2.05, 4.69) is 20.0 Å². The number of pyridine rings is 2. The fourth-order valence-corrected chi connectivity index (χ4v) is 3.53. The van der Waals surface area contributed by atoms with Gasteiger partial charge in [-0.3, -0.25) is 4.79 Å². The first-order chi connectivity index (χ1) is 15.7. The predicted octanol–water partition coefficient (Wildman–Crippen LogP) is 4.85. The van der Waals surface area contributed by atoms with Gasteiger partial charge in [-0.05, 0) is 48.4 Å². The summed E-state index contributed by atoms with van der Waals surface area (Å²) in [6, 6.07) is 12.8. The molecule has 7 nitrogen and oxygen atoms in total. The molecule has 1 aromatic carbocycles. The monoisotopic (exact) mass is 459 g/mol. The molecule has 0 aliphatic heterocycles. The standard InChI is InChI=1S/C23H20F3N3O4/c1-32-19-7-6-18(29-21(19)16-10-17(16)22(30)31)14-5-8-20(28-12-14)27-11-13-3-2-4-15(9-13)33-23(24,25)26/h2-9,12,16-17H,10-11H2,1H3,(H,27,28)(H,30,31)/t16-,17-/m1/s1. The molecular weight excluding hydrogens is 439 g/mol. The Kier molecular flexibility index (Phi) is 6.08. The van der Waals surface area contributed by atoms with E-state index in [0.717, 1.165) is 5.56 Å². The Hall–Kier alpha value is -3.82. The second kappa shape index (κ2) is 8.97. The van der Waals surface area contributed by atoms with Crippen LogP contribution in [-0.4, -0.2) is 34.5 Å². The number of nitrogens with one attached hydrogen (secondary N) is 1. The molecule has 4 rings (SSSR count). The minimum absolute atomic E-state index is 0.177. The topological polar surface area (TPSA) is 93.6 Å². The Labute approximate surface area is 187 Å². The van der Waals surface area contributed by atoms with Crippen LogP contribution in [0, 0.1) is 5.92 Å². The average molecular weight is 459 g/mol. The summed E-state index contributed by atoms with van der Waals surface area (Å²) < 4.78 is 46.4. The zero-order valence-corrected chi connectivity index (χ0v) is 17.5. The minimum atomic E-state index is -4.74. The second-order valence-corrected chi connectivity index (χ2v) is 7.55. The number of rotatable bonds is 8. The Morgan fingerprint density at radius 1 is 1.21 bits per heavy atom. The molecule has 2 atom stereocenters. The van der Waals surface area contributed by atoms with Crippen molar-refractivity contribution in [3.63, 3.8) is 0 Å². The molecule has 33 heavy (non-hydrogen) atoms. The molecule has 0 bridgehead atoms. The van der Waals surface area contributed by atoms with Gasteiger partial charge in [-0.1, -0.05) is 12.1 Å². The molecule has 2 N–H and O–H groups in total. The summed E-state index contributed by atoms with van der Waals surface area (Å²) in [7, 11) is 1.52. The first kappa shape index (κ1) is 22.4. The third-order valence-corrected chi connectivity index (χ3v) is 5.23. The van der Waals surface area contributed by atoms with Gasteiger partial charge in [0.15, 0.2) is 0 Å². The van der Waals surface area contributed by atoms with E-state index in [0.29, 0.717) is 34.9 Å². The fraction of sp³-hybridized carbons (Fsp3) is 0.261. The SMILES string of the molecule is COc1ccc(-c2ccc(NCc3cccc(OC(F)(F)F)c3)nc2)nc1[C@@H]1C[C@H]1C(=O)O. The molecule has 1 saturated carbocycles. The number of alkyl halides is 3. The molecule has 0 radical (unpaired) electrons. The molecule has 2 aromatic heterocycles. The summed E-state index contributed by atoms with van der Waals surface area (Å²) in [4.78, 5) is 20.2. The lowest BCUT2D eigenvalue weighted by Gasteiger charge is -2.11. The molecule has 2 heterocycles. The van der Waals surface area contributed by atoms with Gasteiger partial charge in [0.1, 0.15) is 17.3 Å². The Morgan fingerprint density at radius 2 is 2.03 bits per heavy atom. The Bertz CT molecular complexity index is 1150. The number of methoxy groups -OCH3 is 1. The normalized spacial score (nSPS) is 17.3. The van der Waals surface area contributed by atoms with Gasteiger partial charge in [0.2, 0.25) is 0 Å². The maximum Gasteiger partial charge on any atom is 0.573 e. The number of ether oxygens (including phenoxy) is 2. The third-order valence-electron chi connectivity index (χ3n) is 5.23. The molecular formula is C23H20F3N3O4. The highest BCUT2D eigenvalue weighted by atomic mass is 19.4. The van der Waals surface area contributed by atoms with Crippen LogP contribution in [0.4, 0.5) is 19.0 Å². The van der Waals surface area contributed by atoms with Crippen LogP contribution < -0.4 is 14.8 Å². The van der Waals surface area contributed by atoms with Gasteiger partial charge in [-0.15, -0.1) is 13.2 Å². The van der Waals surface area contributed by atoms with Crippen molar-refractivity contribution >= 4 is 11.8 Å². The van der Waals surface area contributed by atoms with Crippen molar-refractivity contribution < 1.29 is 32.5 Å². The Balaban J connectivity index is 1.44. The van der Waals surface area contributed by atoms with Crippen LogP contribution in [-0.2, 0) is 11.3 Å². The summed E-state index contributed by atoms with van der Waals surface area (Å²) >= 11 is 0. The van der Waals surface area contributed by atoms with Crippen molar-refractivity contribution in [2.75, 3.05) is 12.4 Å². The van der Waals surface area contributed by atoms with Crippen molar-refractivity contribution in [2.24, 2.45) is 5.92 Å². The van der Waals surface area contributed by atoms with E-state index < -0.39 is 18.2 Å². The molecule has 3 aromatic rings. The van der Waals surface area contributed by atoms with Crippen molar-refractivity contribution in [1.82, 2.24) is 9.97 Å². The number of anilines is 1. The van der Waals surface area contributed by atoms with Gasteiger partial charge in [0.25, 0.3) is 0 Å². The summed E-state index contributed by atoms with van der Waals surface area (Å²) in [6.07, 6.45) is -2.60. The number of hydrogen-bond donors (Lipinski definition) is 2. The van der Waals surface area contributed by atoms with E-state index in [4.69, 9.17) is 4.74 Å². The van der Waals surface area contributed by atoms with E-state index >= 15 is 0 Å². The number of benzene rings is 1. The van der Waals surface area contributed by atoms with Gasteiger partial charge < -0.3 is 19.9 Å². The molecule has 0 unspecified atom stereocenters. The molecule has 0 saturated heterocycles. The summed E-state index contributed by atoms with van der Waals surface area (Å²) in [6.45, 7) is 0.255. The van der Waals surface area contributed by atoms with E-state index in [-0.39, 0.29) is 18.2 Å². The van der Waals surface area contributed by atoms with Crippen molar-refractivity contribution in [3.05, 3.63) is 66.0 Å². The molecule has 1 aliphatic carbocycles. The number of aliphatic carboxylic acids is 1. The van der Waals surface area contributed by atoms with Crippen LogP contribution in [0.1, 0.15) is 23.6 Å². The minimum Gasteiger partial charge on any atom is -0.495 e. The number of aromatic nitrogens is 2. The number of carboxylic acid groups (broad SMARTS) is 1. The number of nitrogens with zero attached hydrogens (tertiary/aromatic N) is 2. The second-order valence-electron chi connectivity index (χ2n) is 7.55. The molecule has 0 amide bonds. The summed E-state index contributed by atoms with van der Waals surface area (Å²) in [5, 5.41) is 12.3. The van der Waals surface area contributed by atoms with Crippen molar-refractivity contribution in [1.29, 1.82) is 0 Å². The third kappa shape index (κ3) is 5.51. The first-order valence-corrected chi connectivity index (χ1v) is 10.1. The van der Waals surface area contributed by atoms with E-state index in [9.17, 15) is 23.1 Å². The fourth-order valence-electron chi connectivity index (χ4n) is 3.53. The van der Waals surface area contributed by atoms with Crippen LogP contribution in [0.3, 0.4) is 0 Å². The van der Waals surface area contributed by atoms with Crippen LogP contribution in [0.25, 0.3) is 11.3 Å². The highest BCUT2D eigenvalue weighted by molar-refractivity contribution is 5.75. The quantitative estimate of drug-likeness (QED) is 0.497. The maximum atomic E-state index is 12.4. The maximum absolute atomic E-state index is 12.4. The zero-order valence-electron chi connectivity index (χ0n) is 17.5. The van der Waals surface area contributed by atoms with Crippen molar-refractivity contribution in [3.8, 4) is 22.8 Å². The number of carboxylic acids is 1. The van der Waals surface area contributed by atoms with Gasteiger partial charge in [0, 0.05) is 24.2 Å². The lowest BCUT2D eigenvalue weighted by atomic mass is 10.1. The zero-order chi connectivity index (χ0) is 23.6. The molecule has 1 fully saturated rings. The van der Waals surface area contributed by atoms with Crippen LogP contribution in [0.2, 0.25) is 0 Å². The Morgan fingerprint density at radius 3 is 2.67 bits per heavy atom. The van der Waals surface area contributed by atoms with E-state index in [1.807, 2.05) is 0 Å². The van der Waals surface area contributed by atoms with Crippen LogP contribution in [0.5, 0.6) is 11.5 Å². The van der Waals surface area contributed by atoms with E-state index in [1.165, 1.54) is 25.3 Å². The highest BCUT2D eigenvalue weighted by Gasteiger charge is 2.46. The molecule has 1 aliphatic rings. The van der Waals surface area contributed by atoms with Crippen LogP contribution in [0.15, 0.2) is 54.7 Å². The van der Waals surface area contributed by atoms with Gasteiger partial charge in [-0.25, -0.2) is 9.97 Å². The van der Waals surface area contributed by atoms with Gasteiger partial charge >= 0.3 is 12.3 Å². The highest BCUT2D eigenvalue weighted by Crippen LogP contribution is 2.50. The largest absolute Gasteiger partial charge is 0.573 e. The molecule has 172 valence electrons. The smallest absolute Gasteiger partial charge is 0.495 e.